The number of hydrogen-bond acceptors (Lipinski definition) is 2. The molecule has 0 fully saturated rings. The second-order valence-electron chi connectivity index (χ2n) is 7.16. The summed E-state index contributed by atoms with van der Waals surface area (Å²) in [7, 11) is 0. The van der Waals surface area contributed by atoms with Crippen molar-refractivity contribution in [2.75, 3.05) is 0 Å². The van der Waals surface area contributed by atoms with Gasteiger partial charge in [0.05, 0.1) is 6.42 Å². The molecule has 0 aliphatic carbocycles. The van der Waals surface area contributed by atoms with Crippen LogP contribution in [0.3, 0.4) is 0 Å². The van der Waals surface area contributed by atoms with E-state index in [2.05, 4.69) is 5.32 Å². The van der Waals surface area contributed by atoms with E-state index in [0.29, 0.717) is 6.54 Å². The maximum absolute atomic E-state index is 13.0. The van der Waals surface area contributed by atoms with Crippen molar-refractivity contribution in [2.45, 2.75) is 59.2 Å². The van der Waals surface area contributed by atoms with Gasteiger partial charge in [-0.15, -0.1) is 0 Å². The summed E-state index contributed by atoms with van der Waals surface area (Å²) in [6.45, 7) is 8.25. The maximum Gasteiger partial charge on any atom is 0.242 e. The Bertz CT molecular complexity index is 741. The summed E-state index contributed by atoms with van der Waals surface area (Å²) >= 11 is 0. The van der Waals surface area contributed by atoms with Crippen LogP contribution in [0, 0.1) is 6.92 Å². The number of carbonyl (C=O) groups is 2. The van der Waals surface area contributed by atoms with Crippen molar-refractivity contribution < 1.29 is 9.59 Å². The fraction of sp³-hybridized carbons (Fsp3) is 0.391. The van der Waals surface area contributed by atoms with Gasteiger partial charge < -0.3 is 10.2 Å². The predicted molar refractivity (Wildman–Crippen MR) is 109 cm³/mol. The van der Waals surface area contributed by atoms with Crippen LogP contribution in [-0.2, 0) is 22.6 Å². The Morgan fingerprint density at radius 1 is 0.963 bits per heavy atom. The number of amides is 2. The molecule has 2 unspecified atom stereocenters. The van der Waals surface area contributed by atoms with E-state index < -0.39 is 6.04 Å². The summed E-state index contributed by atoms with van der Waals surface area (Å²) < 4.78 is 0. The molecule has 4 heteroatoms. The fourth-order valence-corrected chi connectivity index (χ4v) is 2.81. The van der Waals surface area contributed by atoms with Crippen LogP contribution in [-0.4, -0.2) is 28.8 Å². The van der Waals surface area contributed by atoms with Crippen LogP contribution in [0.4, 0.5) is 0 Å². The topological polar surface area (TPSA) is 49.4 Å². The molecule has 2 atom stereocenters. The van der Waals surface area contributed by atoms with E-state index in [1.807, 2.05) is 75.4 Å². The number of nitrogens with zero attached hydrogens (tertiary/aromatic N) is 1. The molecule has 0 saturated carbocycles. The Morgan fingerprint density at radius 2 is 1.59 bits per heavy atom. The van der Waals surface area contributed by atoms with Gasteiger partial charge in [-0.25, -0.2) is 0 Å². The zero-order chi connectivity index (χ0) is 19.8. The van der Waals surface area contributed by atoms with Gasteiger partial charge in [-0.2, -0.15) is 0 Å². The van der Waals surface area contributed by atoms with E-state index in [1.165, 1.54) is 5.56 Å². The SMILES string of the molecule is CCC(C)NC(=O)C(C)N(Cc1ccc(C)cc1)C(=O)Cc1ccccc1. The third-order valence-electron chi connectivity index (χ3n) is 4.84. The Kier molecular flexibility index (Phi) is 7.59. The van der Waals surface area contributed by atoms with Gasteiger partial charge in [-0.05, 0) is 38.3 Å². The molecule has 27 heavy (non-hydrogen) atoms. The van der Waals surface area contributed by atoms with Gasteiger partial charge in [0.25, 0.3) is 0 Å². The standard InChI is InChI=1S/C23H30N2O2/c1-5-18(3)24-23(27)19(4)25(16-21-13-11-17(2)12-14-21)22(26)15-20-9-7-6-8-10-20/h6-14,18-19H,5,15-16H2,1-4H3,(H,24,27). The molecule has 1 N–H and O–H groups in total. The van der Waals surface area contributed by atoms with Crippen LogP contribution in [0.2, 0.25) is 0 Å². The molecule has 2 amide bonds. The summed E-state index contributed by atoms with van der Waals surface area (Å²) in [5, 5.41) is 2.99. The number of nitrogens with one attached hydrogen (secondary N) is 1. The molecule has 0 saturated heterocycles. The van der Waals surface area contributed by atoms with Crippen LogP contribution in [0.15, 0.2) is 54.6 Å². The molecular weight excluding hydrogens is 336 g/mol. The van der Waals surface area contributed by atoms with E-state index in [4.69, 9.17) is 0 Å². The Hall–Kier alpha value is -2.62. The smallest absolute Gasteiger partial charge is 0.242 e. The predicted octanol–water partition coefficient (Wildman–Crippen LogP) is 3.87. The number of rotatable bonds is 8. The molecule has 0 aliphatic heterocycles. The summed E-state index contributed by atoms with van der Waals surface area (Å²) in [5.41, 5.74) is 3.14. The lowest BCUT2D eigenvalue weighted by Gasteiger charge is -2.30. The normalized spacial score (nSPS) is 12.9. The molecule has 2 aromatic rings. The van der Waals surface area contributed by atoms with Crippen molar-refractivity contribution in [3.63, 3.8) is 0 Å². The van der Waals surface area contributed by atoms with Crippen molar-refractivity contribution in [1.29, 1.82) is 0 Å². The monoisotopic (exact) mass is 366 g/mol. The number of aryl methyl sites for hydroxylation is 1. The molecular formula is C23H30N2O2. The van der Waals surface area contributed by atoms with Crippen molar-refractivity contribution in [2.24, 2.45) is 0 Å². The van der Waals surface area contributed by atoms with Crippen LogP contribution in [0.25, 0.3) is 0 Å². The highest BCUT2D eigenvalue weighted by molar-refractivity contribution is 5.88. The van der Waals surface area contributed by atoms with E-state index in [0.717, 1.165) is 17.5 Å². The van der Waals surface area contributed by atoms with Gasteiger partial charge in [0.2, 0.25) is 11.8 Å². The Labute approximate surface area is 162 Å². The average Bonchev–Trinajstić information content (AvgIpc) is 2.67. The molecule has 0 radical (unpaired) electrons. The van der Waals surface area contributed by atoms with Crippen LogP contribution < -0.4 is 5.32 Å². The van der Waals surface area contributed by atoms with E-state index in [-0.39, 0.29) is 24.3 Å². The number of benzene rings is 2. The summed E-state index contributed by atoms with van der Waals surface area (Å²) in [6, 6.07) is 17.3. The molecule has 0 spiro atoms. The van der Waals surface area contributed by atoms with Crippen molar-refractivity contribution in [3.05, 3.63) is 71.3 Å². The fourth-order valence-electron chi connectivity index (χ4n) is 2.81. The van der Waals surface area contributed by atoms with Gasteiger partial charge in [0.15, 0.2) is 0 Å². The first-order valence-electron chi connectivity index (χ1n) is 9.60. The van der Waals surface area contributed by atoms with Crippen molar-refractivity contribution >= 4 is 11.8 Å². The minimum absolute atomic E-state index is 0.0476. The lowest BCUT2D eigenvalue weighted by Crippen LogP contribution is -2.49. The molecule has 2 aromatic carbocycles. The third kappa shape index (κ3) is 6.24. The number of carbonyl (C=O) groups excluding carboxylic acids is 2. The van der Waals surface area contributed by atoms with Gasteiger partial charge in [-0.1, -0.05) is 67.1 Å². The summed E-state index contributed by atoms with van der Waals surface area (Å²) in [6.07, 6.45) is 1.14. The van der Waals surface area contributed by atoms with Gasteiger partial charge in [-0.3, -0.25) is 9.59 Å². The second kappa shape index (κ2) is 9.91. The minimum atomic E-state index is -0.531. The first-order valence-corrected chi connectivity index (χ1v) is 9.60. The largest absolute Gasteiger partial charge is 0.352 e. The van der Waals surface area contributed by atoms with E-state index >= 15 is 0 Å². The zero-order valence-corrected chi connectivity index (χ0v) is 16.7. The van der Waals surface area contributed by atoms with Gasteiger partial charge in [0.1, 0.15) is 6.04 Å². The molecule has 2 rings (SSSR count). The molecule has 0 aromatic heterocycles. The quantitative estimate of drug-likeness (QED) is 0.771. The highest BCUT2D eigenvalue weighted by atomic mass is 16.2. The van der Waals surface area contributed by atoms with Gasteiger partial charge >= 0.3 is 0 Å². The Morgan fingerprint density at radius 3 is 2.19 bits per heavy atom. The highest BCUT2D eigenvalue weighted by Gasteiger charge is 2.26. The zero-order valence-electron chi connectivity index (χ0n) is 16.7. The molecule has 0 aliphatic rings. The first-order chi connectivity index (χ1) is 12.9. The molecule has 4 nitrogen and oxygen atoms in total. The molecule has 0 bridgehead atoms. The number of hydrogen-bond donors (Lipinski definition) is 1. The summed E-state index contributed by atoms with van der Waals surface area (Å²) in [5.74, 6) is -0.161. The van der Waals surface area contributed by atoms with E-state index in [1.54, 1.807) is 11.8 Å². The lowest BCUT2D eigenvalue weighted by atomic mass is 10.1. The molecule has 0 heterocycles. The Balaban J connectivity index is 2.19. The van der Waals surface area contributed by atoms with Crippen LogP contribution in [0.5, 0.6) is 0 Å². The molecule has 144 valence electrons. The average molecular weight is 367 g/mol. The third-order valence-corrected chi connectivity index (χ3v) is 4.84. The summed E-state index contributed by atoms with van der Waals surface area (Å²) in [4.78, 5) is 27.4. The first kappa shape index (κ1) is 20.7. The van der Waals surface area contributed by atoms with Crippen molar-refractivity contribution in [3.8, 4) is 0 Å². The van der Waals surface area contributed by atoms with Crippen molar-refractivity contribution in [1.82, 2.24) is 10.2 Å². The van der Waals surface area contributed by atoms with Gasteiger partial charge in [0, 0.05) is 12.6 Å². The minimum Gasteiger partial charge on any atom is -0.352 e. The van der Waals surface area contributed by atoms with E-state index in [9.17, 15) is 9.59 Å². The maximum atomic E-state index is 13.0. The highest BCUT2D eigenvalue weighted by Crippen LogP contribution is 2.13. The van der Waals surface area contributed by atoms with Crippen LogP contribution >= 0.6 is 0 Å². The second-order valence-corrected chi connectivity index (χ2v) is 7.16. The van der Waals surface area contributed by atoms with Crippen LogP contribution in [0.1, 0.15) is 43.9 Å². The lowest BCUT2D eigenvalue weighted by molar-refractivity contribution is -0.140.